The summed E-state index contributed by atoms with van der Waals surface area (Å²) < 4.78 is 6.24. The molecule has 2 N–H and O–H groups in total. The van der Waals surface area contributed by atoms with Gasteiger partial charge in [0.1, 0.15) is 0 Å². The molecule has 1 aromatic heterocycles. The Balaban J connectivity index is 1.43. The SMILES string of the molecule is CCC(CC(=O)OC)c1ccc(Cn2nccc(-c3ccc(NC(=O)Nc4ccccc4C)cc3)c2=O)cc1. The summed E-state index contributed by atoms with van der Waals surface area (Å²) in [7, 11) is 1.40. The van der Waals surface area contributed by atoms with Crippen molar-refractivity contribution >= 4 is 23.4 Å². The maximum atomic E-state index is 13.2. The molecule has 200 valence electrons. The monoisotopic (exact) mass is 524 g/mol. The lowest BCUT2D eigenvalue weighted by atomic mass is 9.92. The van der Waals surface area contributed by atoms with Crippen molar-refractivity contribution in [1.29, 1.82) is 0 Å². The van der Waals surface area contributed by atoms with Crippen LogP contribution in [0.15, 0.2) is 89.9 Å². The molecule has 39 heavy (non-hydrogen) atoms. The highest BCUT2D eigenvalue weighted by Gasteiger charge is 2.15. The molecule has 0 aliphatic carbocycles. The van der Waals surface area contributed by atoms with Crippen LogP contribution in [0.5, 0.6) is 0 Å². The number of hydrogen-bond donors (Lipinski definition) is 2. The van der Waals surface area contributed by atoms with E-state index >= 15 is 0 Å². The topological polar surface area (TPSA) is 102 Å². The molecule has 0 spiro atoms. The molecule has 2 amide bonds. The summed E-state index contributed by atoms with van der Waals surface area (Å²) in [6.07, 6.45) is 2.76. The Morgan fingerprint density at radius 2 is 1.67 bits per heavy atom. The normalized spacial score (nSPS) is 11.5. The average Bonchev–Trinajstić information content (AvgIpc) is 2.95. The van der Waals surface area contributed by atoms with Crippen LogP contribution in [0, 0.1) is 6.92 Å². The van der Waals surface area contributed by atoms with Gasteiger partial charge in [-0.25, -0.2) is 9.48 Å². The first-order valence-corrected chi connectivity index (χ1v) is 12.8. The van der Waals surface area contributed by atoms with Crippen LogP contribution in [0.1, 0.15) is 42.4 Å². The van der Waals surface area contributed by atoms with Crippen LogP contribution in [0.4, 0.5) is 16.2 Å². The second-order valence-electron chi connectivity index (χ2n) is 9.31. The molecular weight excluding hydrogens is 492 g/mol. The third-order valence-electron chi connectivity index (χ3n) is 6.68. The van der Waals surface area contributed by atoms with Gasteiger partial charge >= 0.3 is 12.0 Å². The fourth-order valence-corrected chi connectivity index (χ4v) is 4.36. The van der Waals surface area contributed by atoms with Gasteiger partial charge in [0, 0.05) is 17.6 Å². The van der Waals surface area contributed by atoms with E-state index in [1.165, 1.54) is 11.8 Å². The first-order valence-electron chi connectivity index (χ1n) is 12.8. The summed E-state index contributed by atoms with van der Waals surface area (Å²) in [4.78, 5) is 37.3. The van der Waals surface area contributed by atoms with Crippen molar-refractivity contribution < 1.29 is 14.3 Å². The molecule has 3 aromatic carbocycles. The van der Waals surface area contributed by atoms with E-state index < -0.39 is 0 Å². The third-order valence-corrected chi connectivity index (χ3v) is 6.68. The Morgan fingerprint density at radius 1 is 0.949 bits per heavy atom. The standard InChI is InChI=1S/C31H32N4O4/c1-4-23(19-29(36)39-3)24-11-9-22(10-12-24)20-35-30(37)27(17-18-32-35)25-13-15-26(16-14-25)33-31(38)34-28-8-6-5-7-21(28)2/h5-18,23H,4,19-20H2,1-3H3,(H2,33,34,38). The zero-order valence-electron chi connectivity index (χ0n) is 22.3. The Bertz CT molecular complexity index is 1490. The van der Waals surface area contributed by atoms with Crippen molar-refractivity contribution in [3.63, 3.8) is 0 Å². The van der Waals surface area contributed by atoms with E-state index in [4.69, 9.17) is 4.74 Å². The molecule has 0 radical (unpaired) electrons. The van der Waals surface area contributed by atoms with E-state index in [0.717, 1.165) is 34.4 Å². The molecule has 1 unspecified atom stereocenters. The minimum absolute atomic E-state index is 0.0849. The number of aryl methyl sites for hydroxylation is 1. The van der Waals surface area contributed by atoms with Gasteiger partial charge in [-0.05, 0) is 65.8 Å². The number of nitrogens with one attached hydrogen (secondary N) is 2. The van der Waals surface area contributed by atoms with Crippen LogP contribution in [-0.2, 0) is 16.1 Å². The molecule has 8 heteroatoms. The Labute approximate surface area is 227 Å². The summed E-state index contributed by atoms with van der Waals surface area (Å²) in [6, 6.07) is 23.9. The average molecular weight is 525 g/mol. The van der Waals surface area contributed by atoms with Crippen LogP contribution in [0.2, 0.25) is 0 Å². The minimum Gasteiger partial charge on any atom is -0.469 e. The summed E-state index contributed by atoms with van der Waals surface area (Å²) in [5, 5.41) is 9.92. The van der Waals surface area contributed by atoms with Gasteiger partial charge < -0.3 is 15.4 Å². The number of para-hydroxylation sites is 1. The van der Waals surface area contributed by atoms with Gasteiger partial charge in [-0.15, -0.1) is 0 Å². The molecule has 0 saturated heterocycles. The van der Waals surface area contributed by atoms with Crippen LogP contribution >= 0.6 is 0 Å². The van der Waals surface area contributed by atoms with Gasteiger partial charge in [-0.2, -0.15) is 5.10 Å². The van der Waals surface area contributed by atoms with E-state index in [0.29, 0.717) is 24.2 Å². The van der Waals surface area contributed by atoms with Crippen molar-refractivity contribution in [3.8, 4) is 11.1 Å². The highest BCUT2D eigenvalue weighted by Crippen LogP contribution is 2.24. The van der Waals surface area contributed by atoms with Crippen LogP contribution in [-0.4, -0.2) is 28.9 Å². The summed E-state index contributed by atoms with van der Waals surface area (Å²) in [5.41, 5.74) is 5.33. The van der Waals surface area contributed by atoms with Crippen molar-refractivity contribution in [2.75, 3.05) is 17.7 Å². The number of hydrogen-bond acceptors (Lipinski definition) is 5. The van der Waals surface area contributed by atoms with E-state index in [1.807, 2.05) is 62.4 Å². The predicted molar refractivity (Wildman–Crippen MR) is 153 cm³/mol. The van der Waals surface area contributed by atoms with Gasteiger partial charge in [0.2, 0.25) is 0 Å². The Morgan fingerprint density at radius 3 is 2.33 bits per heavy atom. The first kappa shape index (κ1) is 27.3. The van der Waals surface area contributed by atoms with Gasteiger partial charge in [0.05, 0.1) is 25.6 Å². The van der Waals surface area contributed by atoms with Gasteiger partial charge in [-0.1, -0.05) is 61.5 Å². The number of methoxy groups -OCH3 is 1. The minimum atomic E-state index is -0.343. The number of aromatic nitrogens is 2. The highest BCUT2D eigenvalue weighted by molar-refractivity contribution is 6.00. The lowest BCUT2D eigenvalue weighted by Crippen LogP contribution is -2.24. The number of ether oxygens (including phenoxy) is 1. The summed E-state index contributed by atoms with van der Waals surface area (Å²) in [5.74, 6) is -0.144. The fraction of sp³-hybridized carbons (Fsp3) is 0.226. The van der Waals surface area contributed by atoms with Crippen molar-refractivity contribution in [1.82, 2.24) is 9.78 Å². The molecule has 4 rings (SSSR count). The maximum absolute atomic E-state index is 13.2. The number of benzene rings is 3. The van der Waals surface area contributed by atoms with Crippen LogP contribution in [0.25, 0.3) is 11.1 Å². The number of amides is 2. The fourth-order valence-electron chi connectivity index (χ4n) is 4.36. The molecule has 0 bridgehead atoms. The molecule has 0 saturated carbocycles. The van der Waals surface area contributed by atoms with E-state index in [1.54, 1.807) is 36.5 Å². The molecule has 1 heterocycles. The van der Waals surface area contributed by atoms with Gasteiger partial charge in [-0.3, -0.25) is 9.59 Å². The lowest BCUT2D eigenvalue weighted by molar-refractivity contribution is -0.141. The van der Waals surface area contributed by atoms with Crippen molar-refractivity contribution in [2.24, 2.45) is 0 Å². The van der Waals surface area contributed by atoms with Crippen molar-refractivity contribution in [3.05, 3.63) is 112 Å². The van der Waals surface area contributed by atoms with E-state index in [2.05, 4.69) is 15.7 Å². The number of urea groups is 1. The number of carbonyl (C=O) groups is 2. The largest absolute Gasteiger partial charge is 0.469 e. The quantitative estimate of drug-likeness (QED) is 0.263. The Hall–Kier alpha value is -4.72. The van der Waals surface area contributed by atoms with Gasteiger partial charge in [0.25, 0.3) is 5.56 Å². The maximum Gasteiger partial charge on any atom is 0.323 e. The number of anilines is 2. The smallest absolute Gasteiger partial charge is 0.323 e. The third kappa shape index (κ3) is 6.98. The first-order chi connectivity index (χ1) is 18.9. The number of esters is 1. The zero-order valence-corrected chi connectivity index (χ0v) is 22.3. The summed E-state index contributed by atoms with van der Waals surface area (Å²) in [6.45, 7) is 4.29. The Kier molecular flexibility index (Phi) is 8.89. The van der Waals surface area contributed by atoms with Crippen LogP contribution < -0.4 is 16.2 Å². The van der Waals surface area contributed by atoms with E-state index in [9.17, 15) is 14.4 Å². The molecule has 0 fully saturated rings. The second kappa shape index (κ2) is 12.7. The second-order valence-corrected chi connectivity index (χ2v) is 9.31. The lowest BCUT2D eigenvalue weighted by Gasteiger charge is -2.15. The molecule has 8 nitrogen and oxygen atoms in total. The molecule has 0 aliphatic rings. The number of carbonyl (C=O) groups excluding carboxylic acids is 2. The predicted octanol–water partition coefficient (Wildman–Crippen LogP) is 5.97. The zero-order chi connectivity index (χ0) is 27.8. The summed E-state index contributed by atoms with van der Waals surface area (Å²) >= 11 is 0. The number of rotatable bonds is 9. The van der Waals surface area contributed by atoms with Crippen LogP contribution in [0.3, 0.4) is 0 Å². The van der Waals surface area contributed by atoms with E-state index in [-0.39, 0.29) is 23.5 Å². The van der Waals surface area contributed by atoms with Gasteiger partial charge in [0.15, 0.2) is 0 Å². The number of nitrogens with zero attached hydrogens (tertiary/aromatic N) is 2. The molecular formula is C31H32N4O4. The molecule has 1 atom stereocenters. The highest BCUT2D eigenvalue weighted by atomic mass is 16.5. The molecule has 0 aliphatic heterocycles. The van der Waals surface area contributed by atoms with Crippen molar-refractivity contribution in [2.45, 2.75) is 39.2 Å². The molecule has 4 aromatic rings.